The number of hydrogen-bond donors (Lipinski definition) is 2. The average molecular weight is 240 g/mol. The van der Waals surface area contributed by atoms with E-state index in [0.29, 0.717) is 5.92 Å². The van der Waals surface area contributed by atoms with Gasteiger partial charge in [0.2, 0.25) is 0 Å². The van der Waals surface area contributed by atoms with Gasteiger partial charge in [0.05, 0.1) is 0 Å². The lowest BCUT2D eigenvalue weighted by molar-refractivity contribution is 0.327. The Morgan fingerprint density at radius 3 is 2.78 bits per heavy atom. The zero-order valence-corrected chi connectivity index (χ0v) is 10.6. The van der Waals surface area contributed by atoms with Gasteiger partial charge < -0.3 is 11.1 Å². The van der Waals surface area contributed by atoms with E-state index in [9.17, 15) is 0 Å². The average Bonchev–Trinajstić information content (AvgIpc) is 2.47. The van der Waals surface area contributed by atoms with Gasteiger partial charge in [0.15, 0.2) is 0 Å². The lowest BCUT2D eigenvalue weighted by Crippen LogP contribution is -2.36. The van der Waals surface area contributed by atoms with Crippen molar-refractivity contribution < 1.29 is 0 Å². The number of hydrogen-bond acceptors (Lipinski definition) is 2. The van der Waals surface area contributed by atoms with Gasteiger partial charge in [-0.05, 0) is 48.2 Å². The van der Waals surface area contributed by atoms with Crippen LogP contribution in [0.4, 0.5) is 0 Å². The fraction of sp³-hybridized carbons (Fsp3) is 0.375. The van der Waals surface area contributed by atoms with Crippen LogP contribution in [0.3, 0.4) is 0 Å². The van der Waals surface area contributed by atoms with E-state index in [1.807, 2.05) is 0 Å². The largest absolute Gasteiger partial charge is 0.324 e. The second kappa shape index (κ2) is 5.09. The maximum Gasteiger partial charge on any atom is 0.0341 e. The molecular formula is C16H20N2. The molecule has 3 N–H and O–H groups in total. The van der Waals surface area contributed by atoms with Gasteiger partial charge in [-0.25, -0.2) is 0 Å². The standard InChI is InChI=1S/C16H20N2/c17-16(13-7-4-10-18-11-13)15-9-3-6-12-5-1-2-8-14(12)15/h1-3,5-6,8-9,13,16,18H,4,7,10-11,17H2. The molecule has 94 valence electrons. The van der Waals surface area contributed by atoms with Crippen LogP contribution in [-0.4, -0.2) is 13.1 Å². The summed E-state index contributed by atoms with van der Waals surface area (Å²) >= 11 is 0. The van der Waals surface area contributed by atoms with Crippen LogP contribution in [-0.2, 0) is 0 Å². The number of piperidine rings is 1. The molecule has 0 spiro atoms. The van der Waals surface area contributed by atoms with E-state index in [-0.39, 0.29) is 6.04 Å². The van der Waals surface area contributed by atoms with E-state index in [4.69, 9.17) is 5.73 Å². The number of nitrogens with one attached hydrogen (secondary N) is 1. The smallest absolute Gasteiger partial charge is 0.0341 e. The summed E-state index contributed by atoms with van der Waals surface area (Å²) in [6, 6.07) is 15.1. The summed E-state index contributed by atoms with van der Waals surface area (Å²) in [7, 11) is 0. The van der Waals surface area contributed by atoms with Crippen molar-refractivity contribution in [2.24, 2.45) is 11.7 Å². The fourth-order valence-electron chi connectivity index (χ4n) is 2.98. The molecule has 2 heteroatoms. The first-order valence-corrected chi connectivity index (χ1v) is 6.80. The van der Waals surface area contributed by atoms with Crippen LogP contribution in [0.25, 0.3) is 10.8 Å². The first-order chi connectivity index (χ1) is 8.86. The van der Waals surface area contributed by atoms with Crippen LogP contribution in [0.1, 0.15) is 24.4 Å². The van der Waals surface area contributed by atoms with E-state index >= 15 is 0 Å². The Balaban J connectivity index is 1.97. The molecule has 18 heavy (non-hydrogen) atoms. The summed E-state index contributed by atoms with van der Waals surface area (Å²) in [6.07, 6.45) is 2.47. The van der Waals surface area contributed by atoms with E-state index in [1.54, 1.807) is 0 Å². The van der Waals surface area contributed by atoms with Crippen molar-refractivity contribution in [3.8, 4) is 0 Å². The van der Waals surface area contributed by atoms with Crippen molar-refractivity contribution in [3.05, 3.63) is 48.0 Å². The highest BCUT2D eigenvalue weighted by Crippen LogP contribution is 2.30. The Bertz CT molecular complexity index is 524. The summed E-state index contributed by atoms with van der Waals surface area (Å²) in [6.45, 7) is 2.18. The lowest BCUT2D eigenvalue weighted by Gasteiger charge is -2.29. The second-order valence-electron chi connectivity index (χ2n) is 5.20. The van der Waals surface area contributed by atoms with Crippen LogP contribution in [0.2, 0.25) is 0 Å². The summed E-state index contributed by atoms with van der Waals surface area (Å²) in [5.74, 6) is 0.560. The predicted octanol–water partition coefficient (Wildman–Crippen LogP) is 2.84. The minimum atomic E-state index is 0.142. The molecule has 0 amide bonds. The van der Waals surface area contributed by atoms with Gasteiger partial charge in [0.1, 0.15) is 0 Å². The van der Waals surface area contributed by atoms with Crippen LogP contribution in [0, 0.1) is 5.92 Å². The molecule has 1 aliphatic rings. The first-order valence-electron chi connectivity index (χ1n) is 6.80. The molecular weight excluding hydrogens is 220 g/mol. The zero-order valence-electron chi connectivity index (χ0n) is 10.6. The molecule has 0 aliphatic carbocycles. The van der Waals surface area contributed by atoms with E-state index in [0.717, 1.165) is 13.1 Å². The summed E-state index contributed by atoms with van der Waals surface area (Å²) in [4.78, 5) is 0. The van der Waals surface area contributed by atoms with Crippen LogP contribution in [0.15, 0.2) is 42.5 Å². The number of fused-ring (bicyclic) bond motifs is 1. The highest BCUT2D eigenvalue weighted by Gasteiger charge is 2.22. The number of nitrogens with two attached hydrogens (primary N) is 1. The molecule has 1 heterocycles. The van der Waals surface area contributed by atoms with Gasteiger partial charge in [-0.1, -0.05) is 42.5 Å². The Labute approximate surface area is 108 Å². The third kappa shape index (κ3) is 2.14. The van der Waals surface area contributed by atoms with Crippen LogP contribution < -0.4 is 11.1 Å². The van der Waals surface area contributed by atoms with Gasteiger partial charge >= 0.3 is 0 Å². The Morgan fingerprint density at radius 2 is 1.94 bits per heavy atom. The van der Waals surface area contributed by atoms with Crippen molar-refractivity contribution in [1.29, 1.82) is 0 Å². The summed E-state index contributed by atoms with van der Waals surface area (Å²) in [5.41, 5.74) is 7.79. The maximum atomic E-state index is 6.50. The molecule has 2 unspecified atom stereocenters. The summed E-state index contributed by atoms with van der Waals surface area (Å²) in [5, 5.41) is 6.04. The SMILES string of the molecule is NC(c1cccc2ccccc12)C1CCCNC1. The van der Waals surface area contributed by atoms with Crippen molar-refractivity contribution in [2.45, 2.75) is 18.9 Å². The molecule has 0 radical (unpaired) electrons. The van der Waals surface area contributed by atoms with E-state index < -0.39 is 0 Å². The van der Waals surface area contributed by atoms with Gasteiger partial charge in [-0.3, -0.25) is 0 Å². The first kappa shape index (κ1) is 11.7. The topological polar surface area (TPSA) is 38.0 Å². The van der Waals surface area contributed by atoms with Crippen molar-refractivity contribution in [3.63, 3.8) is 0 Å². The van der Waals surface area contributed by atoms with E-state index in [2.05, 4.69) is 47.8 Å². The van der Waals surface area contributed by atoms with Gasteiger partial charge in [-0.15, -0.1) is 0 Å². The highest BCUT2D eigenvalue weighted by atomic mass is 14.9. The predicted molar refractivity (Wildman–Crippen MR) is 76.5 cm³/mol. The minimum absolute atomic E-state index is 0.142. The van der Waals surface area contributed by atoms with Crippen molar-refractivity contribution in [2.75, 3.05) is 13.1 Å². The third-order valence-electron chi connectivity index (χ3n) is 4.03. The number of benzene rings is 2. The quantitative estimate of drug-likeness (QED) is 0.847. The van der Waals surface area contributed by atoms with Crippen LogP contribution in [0.5, 0.6) is 0 Å². The van der Waals surface area contributed by atoms with Gasteiger partial charge in [0, 0.05) is 6.04 Å². The molecule has 2 aromatic rings. The monoisotopic (exact) mass is 240 g/mol. The van der Waals surface area contributed by atoms with Gasteiger partial charge in [-0.2, -0.15) is 0 Å². The van der Waals surface area contributed by atoms with E-state index in [1.165, 1.54) is 29.2 Å². The Kier molecular flexibility index (Phi) is 3.31. The maximum absolute atomic E-state index is 6.50. The Hall–Kier alpha value is -1.38. The van der Waals surface area contributed by atoms with Crippen LogP contribution >= 0.6 is 0 Å². The molecule has 2 aromatic carbocycles. The third-order valence-corrected chi connectivity index (χ3v) is 4.03. The van der Waals surface area contributed by atoms with Gasteiger partial charge in [0.25, 0.3) is 0 Å². The minimum Gasteiger partial charge on any atom is -0.324 e. The Morgan fingerprint density at radius 1 is 1.11 bits per heavy atom. The normalized spacial score (nSPS) is 21.9. The zero-order chi connectivity index (χ0) is 12.4. The molecule has 0 bridgehead atoms. The molecule has 3 rings (SSSR count). The molecule has 1 saturated heterocycles. The number of rotatable bonds is 2. The molecule has 0 saturated carbocycles. The molecule has 1 fully saturated rings. The van der Waals surface area contributed by atoms with Crippen molar-refractivity contribution >= 4 is 10.8 Å². The molecule has 1 aliphatic heterocycles. The fourth-order valence-corrected chi connectivity index (χ4v) is 2.98. The highest BCUT2D eigenvalue weighted by molar-refractivity contribution is 5.86. The molecule has 2 atom stereocenters. The molecule has 2 nitrogen and oxygen atoms in total. The lowest BCUT2D eigenvalue weighted by atomic mass is 9.86. The molecule has 0 aromatic heterocycles. The summed E-state index contributed by atoms with van der Waals surface area (Å²) < 4.78 is 0. The van der Waals surface area contributed by atoms with Crippen molar-refractivity contribution in [1.82, 2.24) is 5.32 Å². The second-order valence-corrected chi connectivity index (χ2v) is 5.20.